The minimum Gasteiger partial charge on any atom is -0.347 e. The van der Waals surface area contributed by atoms with E-state index in [1.165, 1.54) is 19.2 Å². The van der Waals surface area contributed by atoms with Crippen LogP contribution in [0.1, 0.15) is 16.1 Å². The maximum atomic E-state index is 12.3. The molecule has 0 spiro atoms. The lowest BCUT2D eigenvalue weighted by molar-refractivity contribution is 0.0946. The van der Waals surface area contributed by atoms with Crippen molar-refractivity contribution >= 4 is 26.8 Å². The molecular formula is C18H17N3O3S. The fourth-order valence-corrected chi connectivity index (χ4v) is 3.21. The molecule has 0 aliphatic rings. The molecule has 0 unspecified atom stereocenters. The van der Waals surface area contributed by atoms with Gasteiger partial charge in [0, 0.05) is 11.9 Å². The molecule has 0 fully saturated rings. The molecule has 3 aromatic rings. The van der Waals surface area contributed by atoms with E-state index in [1.54, 1.807) is 18.2 Å². The topological polar surface area (TPSA) is 88.2 Å². The first-order chi connectivity index (χ1) is 12.0. The van der Waals surface area contributed by atoms with E-state index in [2.05, 4.69) is 15.0 Å². The van der Waals surface area contributed by atoms with Gasteiger partial charge < -0.3 is 5.32 Å². The van der Waals surface area contributed by atoms with Crippen molar-refractivity contribution in [3.8, 4) is 0 Å². The van der Waals surface area contributed by atoms with E-state index in [9.17, 15) is 13.2 Å². The molecule has 3 rings (SSSR count). The lowest BCUT2D eigenvalue weighted by atomic mass is 10.2. The van der Waals surface area contributed by atoms with Crippen LogP contribution < -0.4 is 10.0 Å². The van der Waals surface area contributed by atoms with Crippen LogP contribution in [-0.4, -0.2) is 26.4 Å². The van der Waals surface area contributed by atoms with Crippen molar-refractivity contribution in [1.82, 2.24) is 15.0 Å². The summed E-state index contributed by atoms with van der Waals surface area (Å²) in [4.78, 5) is 16.8. The normalized spacial score (nSPS) is 11.4. The summed E-state index contributed by atoms with van der Waals surface area (Å²) in [5.74, 6) is -0.312. The first-order valence-electron chi connectivity index (χ1n) is 7.66. The van der Waals surface area contributed by atoms with Gasteiger partial charge in [0.2, 0.25) is 10.0 Å². The summed E-state index contributed by atoms with van der Waals surface area (Å²) in [6.07, 6.45) is 0. The number of sulfonamides is 1. The van der Waals surface area contributed by atoms with Crippen molar-refractivity contribution in [1.29, 1.82) is 0 Å². The Morgan fingerprint density at radius 3 is 2.64 bits per heavy atom. The largest absolute Gasteiger partial charge is 0.347 e. The van der Waals surface area contributed by atoms with Gasteiger partial charge in [-0.15, -0.1) is 0 Å². The molecule has 1 aromatic heterocycles. The van der Waals surface area contributed by atoms with Gasteiger partial charge in [0.25, 0.3) is 5.91 Å². The van der Waals surface area contributed by atoms with Crippen LogP contribution in [0.3, 0.4) is 0 Å². The molecule has 0 radical (unpaired) electrons. The van der Waals surface area contributed by atoms with E-state index in [4.69, 9.17) is 0 Å². The van der Waals surface area contributed by atoms with Crippen LogP contribution in [0.25, 0.3) is 10.9 Å². The molecule has 2 N–H and O–H groups in total. The van der Waals surface area contributed by atoms with Gasteiger partial charge in [-0.1, -0.05) is 36.4 Å². The monoisotopic (exact) mass is 355 g/mol. The van der Waals surface area contributed by atoms with Gasteiger partial charge in [-0.3, -0.25) is 4.79 Å². The highest BCUT2D eigenvalue weighted by Crippen LogP contribution is 2.13. The number of amides is 1. The number of nitrogens with zero attached hydrogens (tertiary/aromatic N) is 1. The zero-order valence-electron chi connectivity index (χ0n) is 13.6. The SMILES string of the molecule is CNS(=O)(=O)c1cccc(CNC(=O)c2ccc3ccccc3n2)c1. The molecule has 0 saturated carbocycles. The molecule has 1 heterocycles. The smallest absolute Gasteiger partial charge is 0.270 e. The van der Waals surface area contributed by atoms with E-state index in [0.29, 0.717) is 11.3 Å². The van der Waals surface area contributed by atoms with Crippen LogP contribution in [0.15, 0.2) is 65.6 Å². The zero-order valence-corrected chi connectivity index (χ0v) is 14.4. The summed E-state index contributed by atoms with van der Waals surface area (Å²) in [7, 11) is -2.15. The Hall–Kier alpha value is -2.77. The molecule has 6 nitrogen and oxygen atoms in total. The van der Waals surface area contributed by atoms with Crippen LogP contribution in [0.5, 0.6) is 0 Å². The first-order valence-corrected chi connectivity index (χ1v) is 9.14. The van der Waals surface area contributed by atoms with Gasteiger partial charge in [0.05, 0.1) is 10.4 Å². The number of rotatable bonds is 5. The Bertz CT molecular complexity index is 1030. The number of nitrogens with one attached hydrogen (secondary N) is 2. The number of benzene rings is 2. The molecule has 25 heavy (non-hydrogen) atoms. The Morgan fingerprint density at radius 1 is 1.04 bits per heavy atom. The average molecular weight is 355 g/mol. The number of aromatic nitrogens is 1. The Labute approximate surface area is 146 Å². The summed E-state index contributed by atoms with van der Waals surface area (Å²) >= 11 is 0. The van der Waals surface area contributed by atoms with E-state index < -0.39 is 10.0 Å². The molecule has 0 bridgehead atoms. The lowest BCUT2D eigenvalue weighted by Crippen LogP contribution is -2.24. The molecule has 0 atom stereocenters. The summed E-state index contributed by atoms with van der Waals surface area (Å²) in [6.45, 7) is 0.209. The zero-order chi connectivity index (χ0) is 17.9. The average Bonchev–Trinajstić information content (AvgIpc) is 2.66. The van der Waals surface area contributed by atoms with Gasteiger partial charge in [-0.2, -0.15) is 0 Å². The third-order valence-electron chi connectivity index (χ3n) is 3.76. The lowest BCUT2D eigenvalue weighted by Gasteiger charge is -2.08. The van der Waals surface area contributed by atoms with Crippen LogP contribution in [0.2, 0.25) is 0 Å². The van der Waals surface area contributed by atoms with Crippen LogP contribution >= 0.6 is 0 Å². The maximum absolute atomic E-state index is 12.3. The van der Waals surface area contributed by atoms with Gasteiger partial charge in [-0.25, -0.2) is 18.1 Å². The summed E-state index contributed by atoms with van der Waals surface area (Å²) in [6, 6.07) is 17.5. The third-order valence-corrected chi connectivity index (χ3v) is 5.17. The Balaban J connectivity index is 1.74. The first kappa shape index (κ1) is 17.1. The standard InChI is InChI=1S/C18H17N3O3S/c1-19-25(23,24)15-7-4-5-13(11-15)12-20-18(22)17-10-9-14-6-2-3-8-16(14)21-17/h2-11,19H,12H2,1H3,(H,20,22). The van der Waals surface area contributed by atoms with Gasteiger partial charge in [-0.05, 0) is 36.9 Å². The second-order valence-electron chi connectivity index (χ2n) is 5.43. The fraction of sp³-hybridized carbons (Fsp3) is 0.111. The number of para-hydroxylation sites is 1. The quantitative estimate of drug-likeness (QED) is 0.733. The molecule has 0 aliphatic carbocycles. The Kier molecular flexibility index (Phi) is 4.78. The number of carbonyl (C=O) groups is 1. The van der Waals surface area contributed by atoms with E-state index >= 15 is 0 Å². The van der Waals surface area contributed by atoms with Crippen LogP contribution in [-0.2, 0) is 16.6 Å². The van der Waals surface area contributed by atoms with Gasteiger partial charge in [0.1, 0.15) is 5.69 Å². The molecule has 0 aliphatic heterocycles. The highest BCUT2D eigenvalue weighted by molar-refractivity contribution is 7.89. The number of carbonyl (C=O) groups excluding carboxylic acids is 1. The van der Waals surface area contributed by atoms with E-state index in [0.717, 1.165) is 10.9 Å². The number of pyridine rings is 1. The van der Waals surface area contributed by atoms with Crippen molar-refractivity contribution < 1.29 is 13.2 Å². The molecule has 2 aromatic carbocycles. The summed E-state index contributed by atoms with van der Waals surface area (Å²) in [5.41, 5.74) is 1.75. The van der Waals surface area contributed by atoms with Crippen LogP contribution in [0.4, 0.5) is 0 Å². The van der Waals surface area contributed by atoms with Crippen molar-refractivity contribution in [2.24, 2.45) is 0 Å². The highest BCUT2D eigenvalue weighted by atomic mass is 32.2. The molecular weight excluding hydrogens is 338 g/mol. The van der Waals surface area contributed by atoms with Crippen molar-refractivity contribution in [3.05, 3.63) is 71.9 Å². The predicted molar refractivity (Wildman–Crippen MR) is 95.6 cm³/mol. The minimum absolute atomic E-state index is 0.158. The minimum atomic E-state index is -3.51. The summed E-state index contributed by atoms with van der Waals surface area (Å²) in [5, 5.41) is 3.72. The highest BCUT2D eigenvalue weighted by Gasteiger charge is 2.12. The summed E-state index contributed by atoms with van der Waals surface area (Å²) < 4.78 is 25.9. The van der Waals surface area contributed by atoms with E-state index in [-0.39, 0.29) is 17.3 Å². The van der Waals surface area contributed by atoms with Gasteiger partial charge >= 0.3 is 0 Å². The molecule has 0 saturated heterocycles. The van der Waals surface area contributed by atoms with Gasteiger partial charge in [0.15, 0.2) is 0 Å². The third kappa shape index (κ3) is 3.84. The number of fused-ring (bicyclic) bond motifs is 1. The Morgan fingerprint density at radius 2 is 1.84 bits per heavy atom. The number of hydrogen-bond donors (Lipinski definition) is 2. The second kappa shape index (κ2) is 7.00. The van der Waals surface area contributed by atoms with Crippen molar-refractivity contribution in [3.63, 3.8) is 0 Å². The molecule has 1 amide bonds. The predicted octanol–water partition coefficient (Wildman–Crippen LogP) is 2.07. The second-order valence-corrected chi connectivity index (χ2v) is 7.31. The number of hydrogen-bond acceptors (Lipinski definition) is 4. The van der Waals surface area contributed by atoms with E-state index in [1.807, 2.05) is 30.3 Å². The maximum Gasteiger partial charge on any atom is 0.270 e. The van der Waals surface area contributed by atoms with Crippen molar-refractivity contribution in [2.45, 2.75) is 11.4 Å². The molecule has 7 heteroatoms. The van der Waals surface area contributed by atoms with Crippen molar-refractivity contribution in [2.75, 3.05) is 7.05 Å². The molecule has 128 valence electrons. The fourth-order valence-electron chi connectivity index (χ4n) is 2.41. The van der Waals surface area contributed by atoms with Crippen LogP contribution in [0, 0.1) is 0 Å².